The van der Waals surface area contributed by atoms with Gasteiger partial charge in [0.2, 0.25) is 5.66 Å². The summed E-state index contributed by atoms with van der Waals surface area (Å²) in [6, 6.07) is 2.28. The molecule has 0 aromatic heterocycles. The van der Waals surface area contributed by atoms with Gasteiger partial charge in [0.05, 0.1) is 30.6 Å². The Morgan fingerprint density at radius 2 is 2.25 bits per heavy atom. The van der Waals surface area contributed by atoms with E-state index in [4.69, 9.17) is 10.00 Å². The normalized spacial score (nSPS) is 30.6. The molecule has 0 saturated carbocycles. The van der Waals surface area contributed by atoms with Crippen LogP contribution < -0.4 is 0 Å². The molecule has 1 saturated heterocycles. The third-order valence-corrected chi connectivity index (χ3v) is 2.67. The first kappa shape index (κ1) is 7.69. The molecule has 4 nitrogen and oxygen atoms in total. The molecule has 1 spiro atoms. The first-order valence-electron chi connectivity index (χ1n) is 4.04. The van der Waals surface area contributed by atoms with Crippen LogP contribution >= 0.6 is 0 Å². The van der Waals surface area contributed by atoms with Crippen LogP contribution in [-0.4, -0.2) is 18.9 Å². The van der Waals surface area contributed by atoms with Crippen LogP contribution in [0.3, 0.4) is 0 Å². The minimum atomic E-state index is -0.389. The van der Waals surface area contributed by atoms with Gasteiger partial charge in [0.15, 0.2) is 0 Å². The summed E-state index contributed by atoms with van der Waals surface area (Å²) in [7, 11) is 0. The van der Waals surface area contributed by atoms with Crippen LogP contribution in [0.15, 0.2) is 10.2 Å². The first-order valence-corrected chi connectivity index (χ1v) is 4.04. The molecule has 0 aromatic carbocycles. The summed E-state index contributed by atoms with van der Waals surface area (Å²) < 4.78 is 5.28. The average molecular weight is 165 g/mol. The third kappa shape index (κ3) is 0.864. The van der Waals surface area contributed by atoms with Crippen molar-refractivity contribution in [1.82, 2.24) is 0 Å². The molecule has 2 aliphatic rings. The van der Waals surface area contributed by atoms with Crippen molar-refractivity contribution in [3.05, 3.63) is 0 Å². The minimum absolute atomic E-state index is 0.134. The van der Waals surface area contributed by atoms with Gasteiger partial charge >= 0.3 is 0 Å². The number of ether oxygens (including phenoxy) is 1. The molecule has 12 heavy (non-hydrogen) atoms. The quantitative estimate of drug-likeness (QED) is 0.588. The molecule has 0 radical (unpaired) electrons. The second-order valence-electron chi connectivity index (χ2n) is 3.98. The van der Waals surface area contributed by atoms with Gasteiger partial charge in [-0.3, -0.25) is 0 Å². The Morgan fingerprint density at radius 1 is 1.58 bits per heavy atom. The number of hydrogen-bond donors (Lipinski definition) is 0. The van der Waals surface area contributed by atoms with E-state index in [2.05, 4.69) is 16.3 Å². The summed E-state index contributed by atoms with van der Waals surface area (Å²) in [4.78, 5) is 0. The van der Waals surface area contributed by atoms with Crippen LogP contribution in [0.4, 0.5) is 0 Å². The number of rotatable bonds is 1. The predicted molar refractivity (Wildman–Crippen MR) is 41.3 cm³/mol. The van der Waals surface area contributed by atoms with Crippen molar-refractivity contribution in [2.75, 3.05) is 13.2 Å². The van der Waals surface area contributed by atoms with E-state index >= 15 is 0 Å². The molecule has 0 N–H and O–H groups in total. The maximum atomic E-state index is 8.93. The highest BCUT2D eigenvalue weighted by Gasteiger charge is 2.58. The zero-order valence-electron chi connectivity index (χ0n) is 7.24. The van der Waals surface area contributed by atoms with Crippen molar-refractivity contribution in [3.8, 4) is 6.07 Å². The fourth-order valence-electron chi connectivity index (χ4n) is 1.69. The lowest BCUT2D eigenvalue weighted by molar-refractivity contribution is 0.164. The summed E-state index contributed by atoms with van der Waals surface area (Å²) >= 11 is 0. The zero-order chi connectivity index (χ0) is 8.82. The van der Waals surface area contributed by atoms with E-state index < -0.39 is 0 Å². The molecule has 1 fully saturated rings. The molecule has 64 valence electrons. The molecule has 0 amide bonds. The second kappa shape index (κ2) is 2.05. The maximum Gasteiger partial charge on any atom is 0.220 e. The van der Waals surface area contributed by atoms with Crippen molar-refractivity contribution >= 4 is 0 Å². The molecular weight excluding hydrogens is 154 g/mol. The summed E-state index contributed by atoms with van der Waals surface area (Å²) in [6.07, 6.45) is 0. The Balaban J connectivity index is 2.20. The van der Waals surface area contributed by atoms with E-state index in [1.807, 2.05) is 13.8 Å². The highest BCUT2D eigenvalue weighted by atomic mass is 16.5. The Labute approximate surface area is 71.2 Å². The van der Waals surface area contributed by atoms with E-state index in [9.17, 15) is 0 Å². The standard InChI is InChI=1S/C8H11N3O/c1-7(2,4-9)6-3-12-5-8(6)10-11-8/h6H,3,5H2,1-2H3. The van der Waals surface area contributed by atoms with Crippen LogP contribution in [0.25, 0.3) is 0 Å². The SMILES string of the molecule is CC(C)(C#N)C1COCC12N=N2. The number of nitriles is 1. The first-order chi connectivity index (χ1) is 5.61. The lowest BCUT2D eigenvalue weighted by Gasteiger charge is -2.24. The van der Waals surface area contributed by atoms with Gasteiger partial charge in [0, 0.05) is 0 Å². The van der Waals surface area contributed by atoms with E-state index in [-0.39, 0.29) is 17.0 Å². The Bertz CT molecular complexity index is 271. The van der Waals surface area contributed by atoms with Gasteiger partial charge in [-0.2, -0.15) is 15.5 Å². The molecule has 1 unspecified atom stereocenters. The summed E-state index contributed by atoms with van der Waals surface area (Å²) in [6.45, 7) is 4.99. The molecular formula is C8H11N3O. The van der Waals surface area contributed by atoms with Gasteiger partial charge in [0.1, 0.15) is 0 Å². The van der Waals surface area contributed by atoms with E-state index in [0.29, 0.717) is 13.2 Å². The van der Waals surface area contributed by atoms with Gasteiger partial charge in [-0.05, 0) is 13.8 Å². The van der Waals surface area contributed by atoms with Gasteiger partial charge in [-0.1, -0.05) is 0 Å². The van der Waals surface area contributed by atoms with Crippen LogP contribution in [0.1, 0.15) is 13.8 Å². The second-order valence-corrected chi connectivity index (χ2v) is 3.98. The van der Waals surface area contributed by atoms with Crippen LogP contribution in [0, 0.1) is 22.7 Å². The topological polar surface area (TPSA) is 57.7 Å². The minimum Gasteiger partial charge on any atom is -0.376 e. The third-order valence-electron chi connectivity index (χ3n) is 2.67. The lowest BCUT2D eigenvalue weighted by atomic mass is 9.76. The smallest absolute Gasteiger partial charge is 0.220 e. The van der Waals surface area contributed by atoms with Gasteiger partial charge in [0.25, 0.3) is 0 Å². The molecule has 0 bridgehead atoms. The summed E-state index contributed by atoms with van der Waals surface area (Å²) in [5.74, 6) is 0.134. The maximum absolute atomic E-state index is 8.93. The fourth-order valence-corrected chi connectivity index (χ4v) is 1.69. The van der Waals surface area contributed by atoms with Crippen LogP contribution in [0.2, 0.25) is 0 Å². The molecule has 1 atom stereocenters. The molecule has 4 heteroatoms. The van der Waals surface area contributed by atoms with Crippen LogP contribution in [0.5, 0.6) is 0 Å². The highest BCUT2D eigenvalue weighted by molar-refractivity contribution is 5.12. The van der Waals surface area contributed by atoms with Crippen molar-refractivity contribution < 1.29 is 4.74 Å². The lowest BCUT2D eigenvalue weighted by Crippen LogP contribution is -2.34. The molecule has 0 aromatic rings. The monoisotopic (exact) mass is 165 g/mol. The molecule has 2 rings (SSSR count). The fraction of sp³-hybridized carbons (Fsp3) is 0.875. The predicted octanol–water partition coefficient (Wildman–Crippen LogP) is 1.34. The van der Waals surface area contributed by atoms with Crippen molar-refractivity contribution in [3.63, 3.8) is 0 Å². The highest BCUT2D eigenvalue weighted by Crippen LogP contribution is 2.48. The van der Waals surface area contributed by atoms with Gasteiger partial charge < -0.3 is 4.74 Å². The van der Waals surface area contributed by atoms with Crippen molar-refractivity contribution in [2.45, 2.75) is 19.5 Å². The van der Waals surface area contributed by atoms with Gasteiger partial charge in [-0.15, -0.1) is 0 Å². The summed E-state index contributed by atoms with van der Waals surface area (Å²) in [5.41, 5.74) is -0.737. The van der Waals surface area contributed by atoms with E-state index in [1.54, 1.807) is 0 Å². The van der Waals surface area contributed by atoms with Crippen molar-refractivity contribution in [1.29, 1.82) is 5.26 Å². The number of hydrogen-bond acceptors (Lipinski definition) is 4. The van der Waals surface area contributed by atoms with E-state index in [0.717, 1.165) is 0 Å². The Morgan fingerprint density at radius 3 is 2.75 bits per heavy atom. The van der Waals surface area contributed by atoms with Crippen molar-refractivity contribution in [2.24, 2.45) is 21.6 Å². The molecule has 0 aliphatic carbocycles. The zero-order valence-corrected chi connectivity index (χ0v) is 7.24. The number of nitrogens with zero attached hydrogens (tertiary/aromatic N) is 3. The molecule has 2 aliphatic heterocycles. The Hall–Kier alpha value is -0.950. The van der Waals surface area contributed by atoms with E-state index in [1.165, 1.54) is 0 Å². The largest absolute Gasteiger partial charge is 0.376 e. The average Bonchev–Trinajstić information content (AvgIpc) is 2.62. The molecule has 2 heterocycles. The Kier molecular flexibility index (Phi) is 1.31. The van der Waals surface area contributed by atoms with Gasteiger partial charge in [-0.25, -0.2) is 0 Å². The summed E-state index contributed by atoms with van der Waals surface area (Å²) in [5, 5.41) is 16.9. The van der Waals surface area contributed by atoms with Crippen LogP contribution in [-0.2, 0) is 4.74 Å².